The van der Waals surface area contributed by atoms with Gasteiger partial charge >= 0.3 is 0 Å². The first kappa shape index (κ1) is 10.4. The normalized spacial score (nSPS) is 14.9. The first-order chi connectivity index (χ1) is 7.27. The van der Waals surface area contributed by atoms with E-state index in [0.717, 1.165) is 42.6 Å². The van der Waals surface area contributed by atoms with Crippen molar-refractivity contribution >= 4 is 0 Å². The van der Waals surface area contributed by atoms with Gasteiger partial charge in [-0.05, 0) is 37.3 Å². The second-order valence-electron chi connectivity index (χ2n) is 3.92. The van der Waals surface area contributed by atoms with E-state index in [9.17, 15) is 4.39 Å². The molecule has 2 N–H and O–H groups in total. The number of halogens is 1. The Morgan fingerprint density at radius 3 is 2.60 bits per heavy atom. The summed E-state index contributed by atoms with van der Waals surface area (Å²) in [7, 11) is 1.63. The summed E-state index contributed by atoms with van der Waals surface area (Å²) in [5.74, 6) is 0.680. The Balaban J connectivity index is 2.58. The molecule has 15 heavy (non-hydrogen) atoms. The van der Waals surface area contributed by atoms with Crippen molar-refractivity contribution in [3.63, 3.8) is 0 Å². The molecule has 0 unspecified atom stereocenters. The molecule has 3 heteroatoms. The fourth-order valence-corrected chi connectivity index (χ4v) is 2.25. The molecule has 1 aliphatic rings. The van der Waals surface area contributed by atoms with Crippen molar-refractivity contribution < 1.29 is 9.13 Å². The van der Waals surface area contributed by atoms with E-state index in [1.807, 2.05) is 0 Å². The van der Waals surface area contributed by atoms with Crippen LogP contribution in [0.3, 0.4) is 0 Å². The summed E-state index contributed by atoms with van der Waals surface area (Å²) in [6.07, 6.45) is 3.90. The third-order valence-electron chi connectivity index (χ3n) is 3.06. The van der Waals surface area contributed by atoms with Gasteiger partial charge in [-0.2, -0.15) is 0 Å². The second kappa shape index (κ2) is 4.19. The van der Waals surface area contributed by atoms with Gasteiger partial charge in [0.1, 0.15) is 11.6 Å². The Kier molecular flexibility index (Phi) is 2.91. The molecule has 82 valence electrons. The summed E-state index contributed by atoms with van der Waals surface area (Å²) in [4.78, 5) is 0. The first-order valence-electron chi connectivity index (χ1n) is 5.35. The van der Waals surface area contributed by atoms with Crippen LogP contribution in [0.1, 0.15) is 29.5 Å². The second-order valence-corrected chi connectivity index (χ2v) is 3.92. The maximum absolute atomic E-state index is 13.9. The fraction of sp³-hybridized carbons (Fsp3) is 0.500. The lowest BCUT2D eigenvalue weighted by Crippen LogP contribution is -2.11. The van der Waals surface area contributed by atoms with Gasteiger partial charge in [0.05, 0.1) is 7.11 Å². The van der Waals surface area contributed by atoms with Crippen LogP contribution >= 0.6 is 0 Å². The number of hydrogen-bond donors (Lipinski definition) is 1. The van der Waals surface area contributed by atoms with E-state index >= 15 is 0 Å². The molecule has 0 spiro atoms. The Bertz CT molecular complexity index is 376. The van der Waals surface area contributed by atoms with Crippen LogP contribution in [0.15, 0.2) is 6.07 Å². The summed E-state index contributed by atoms with van der Waals surface area (Å²) < 4.78 is 19.2. The number of hydrogen-bond acceptors (Lipinski definition) is 2. The molecular weight excluding hydrogens is 193 g/mol. The molecule has 1 aromatic carbocycles. The number of fused-ring (bicyclic) bond motifs is 1. The SMILES string of the molecule is COc1cc(CN)c(F)c2c1CCCC2. The molecule has 0 atom stereocenters. The summed E-state index contributed by atoms with van der Waals surface area (Å²) in [6, 6.07) is 1.74. The summed E-state index contributed by atoms with van der Waals surface area (Å²) in [6.45, 7) is 0.232. The van der Waals surface area contributed by atoms with Crippen LogP contribution < -0.4 is 10.5 Å². The fourth-order valence-electron chi connectivity index (χ4n) is 2.25. The molecule has 2 rings (SSSR count). The molecule has 0 bridgehead atoms. The molecular formula is C12H16FNO. The highest BCUT2D eigenvalue weighted by atomic mass is 19.1. The molecule has 0 amide bonds. The van der Waals surface area contributed by atoms with Crippen LogP contribution in [0, 0.1) is 5.82 Å². The predicted octanol–water partition coefficient (Wildman–Crippen LogP) is 2.17. The minimum Gasteiger partial charge on any atom is -0.496 e. The van der Waals surface area contributed by atoms with Crippen molar-refractivity contribution in [3.05, 3.63) is 28.6 Å². The van der Waals surface area contributed by atoms with Crippen LogP contribution in [0.25, 0.3) is 0 Å². The lowest BCUT2D eigenvalue weighted by molar-refractivity contribution is 0.402. The van der Waals surface area contributed by atoms with Crippen LogP contribution in [-0.4, -0.2) is 7.11 Å². The average Bonchev–Trinajstić information content (AvgIpc) is 2.30. The molecule has 0 heterocycles. The number of methoxy groups -OCH3 is 1. The zero-order chi connectivity index (χ0) is 10.8. The molecule has 0 saturated heterocycles. The van der Waals surface area contributed by atoms with Gasteiger partial charge in [0, 0.05) is 17.7 Å². The smallest absolute Gasteiger partial charge is 0.131 e. The van der Waals surface area contributed by atoms with Gasteiger partial charge in [-0.15, -0.1) is 0 Å². The van der Waals surface area contributed by atoms with E-state index in [4.69, 9.17) is 10.5 Å². The number of rotatable bonds is 2. The van der Waals surface area contributed by atoms with Gasteiger partial charge in [-0.1, -0.05) is 0 Å². The predicted molar refractivity (Wildman–Crippen MR) is 57.5 cm³/mol. The highest BCUT2D eigenvalue weighted by molar-refractivity contribution is 5.46. The average molecular weight is 209 g/mol. The zero-order valence-electron chi connectivity index (χ0n) is 8.98. The first-order valence-corrected chi connectivity index (χ1v) is 5.35. The topological polar surface area (TPSA) is 35.2 Å². The monoisotopic (exact) mass is 209 g/mol. The van der Waals surface area contributed by atoms with Crippen LogP contribution in [0.5, 0.6) is 5.75 Å². The molecule has 0 aliphatic heterocycles. The summed E-state index contributed by atoms with van der Waals surface area (Å²) in [5, 5.41) is 0. The molecule has 2 nitrogen and oxygen atoms in total. The molecule has 0 aromatic heterocycles. The Hall–Kier alpha value is -1.09. The van der Waals surface area contributed by atoms with Crippen molar-refractivity contribution in [1.29, 1.82) is 0 Å². The molecule has 0 fully saturated rings. The van der Waals surface area contributed by atoms with E-state index in [2.05, 4.69) is 0 Å². The van der Waals surface area contributed by atoms with Crippen molar-refractivity contribution in [2.45, 2.75) is 32.2 Å². The molecule has 1 aromatic rings. The van der Waals surface area contributed by atoms with Gasteiger partial charge in [-0.25, -0.2) is 4.39 Å². The maximum atomic E-state index is 13.9. The van der Waals surface area contributed by atoms with Crippen LogP contribution in [-0.2, 0) is 19.4 Å². The lowest BCUT2D eigenvalue weighted by Gasteiger charge is -2.21. The van der Waals surface area contributed by atoms with Crippen molar-refractivity contribution in [1.82, 2.24) is 0 Å². The Morgan fingerprint density at radius 2 is 2.00 bits per heavy atom. The van der Waals surface area contributed by atoms with Crippen LogP contribution in [0.2, 0.25) is 0 Å². The van der Waals surface area contributed by atoms with Gasteiger partial charge in [-0.3, -0.25) is 0 Å². The summed E-state index contributed by atoms with van der Waals surface area (Å²) in [5.41, 5.74) is 7.93. The van der Waals surface area contributed by atoms with Crippen LogP contribution in [0.4, 0.5) is 4.39 Å². The van der Waals surface area contributed by atoms with Gasteiger partial charge in [0.2, 0.25) is 0 Å². The minimum atomic E-state index is -0.118. The van der Waals surface area contributed by atoms with Crippen molar-refractivity contribution in [3.8, 4) is 5.75 Å². The van der Waals surface area contributed by atoms with E-state index in [0.29, 0.717) is 5.56 Å². The van der Waals surface area contributed by atoms with Crippen molar-refractivity contribution in [2.24, 2.45) is 5.73 Å². The maximum Gasteiger partial charge on any atom is 0.131 e. The van der Waals surface area contributed by atoms with Crippen molar-refractivity contribution in [2.75, 3.05) is 7.11 Å². The summed E-state index contributed by atoms with van der Waals surface area (Å²) >= 11 is 0. The molecule has 0 radical (unpaired) electrons. The number of ether oxygens (including phenoxy) is 1. The molecule has 0 saturated carbocycles. The van der Waals surface area contributed by atoms with E-state index in [1.165, 1.54) is 0 Å². The third kappa shape index (κ3) is 1.72. The van der Waals surface area contributed by atoms with Gasteiger partial charge in [0.25, 0.3) is 0 Å². The van der Waals surface area contributed by atoms with E-state index in [1.54, 1.807) is 13.2 Å². The zero-order valence-corrected chi connectivity index (χ0v) is 8.98. The number of benzene rings is 1. The highest BCUT2D eigenvalue weighted by Gasteiger charge is 2.20. The molecule has 1 aliphatic carbocycles. The van der Waals surface area contributed by atoms with Gasteiger partial charge < -0.3 is 10.5 Å². The quantitative estimate of drug-likeness (QED) is 0.810. The number of nitrogens with two attached hydrogens (primary N) is 1. The van der Waals surface area contributed by atoms with Gasteiger partial charge in [0.15, 0.2) is 0 Å². The van der Waals surface area contributed by atoms with E-state index in [-0.39, 0.29) is 12.4 Å². The largest absolute Gasteiger partial charge is 0.496 e. The van der Waals surface area contributed by atoms with E-state index < -0.39 is 0 Å². The lowest BCUT2D eigenvalue weighted by atomic mass is 9.89. The highest BCUT2D eigenvalue weighted by Crippen LogP contribution is 2.33. The Labute approximate surface area is 89.2 Å². The minimum absolute atomic E-state index is 0.118. The standard InChI is InChI=1S/C12H16FNO/c1-15-11-6-8(7-14)12(13)10-5-3-2-4-9(10)11/h6H,2-5,7,14H2,1H3. The Morgan fingerprint density at radius 1 is 1.33 bits per heavy atom. The third-order valence-corrected chi connectivity index (χ3v) is 3.06.